The number of benzene rings is 2. The number of hydrogen-bond acceptors (Lipinski definition) is 4. The first-order valence-electron chi connectivity index (χ1n) is 7.99. The van der Waals surface area contributed by atoms with Gasteiger partial charge in [-0.3, -0.25) is 0 Å². The minimum atomic E-state index is -0.221. The van der Waals surface area contributed by atoms with Crippen molar-refractivity contribution in [2.45, 2.75) is 13.0 Å². The van der Waals surface area contributed by atoms with Gasteiger partial charge in [0.05, 0.1) is 0 Å². The standard InChI is InChI=1S/C19H18ClFN4/c20-17-4-2-1-3-15(17)13-24-19-23-12-10-18(25-19)22-11-9-14-5-7-16(21)8-6-14/h1-8,10,12H,9,11,13H2,(H2,22,23,24,25). The van der Waals surface area contributed by atoms with Crippen LogP contribution in [0.3, 0.4) is 0 Å². The summed E-state index contributed by atoms with van der Waals surface area (Å²) in [5.41, 5.74) is 2.06. The van der Waals surface area contributed by atoms with Gasteiger partial charge in [0.25, 0.3) is 0 Å². The highest BCUT2D eigenvalue weighted by molar-refractivity contribution is 6.31. The van der Waals surface area contributed by atoms with Gasteiger partial charge in [-0.15, -0.1) is 0 Å². The van der Waals surface area contributed by atoms with Gasteiger partial charge >= 0.3 is 0 Å². The van der Waals surface area contributed by atoms with Gasteiger partial charge in [0.2, 0.25) is 5.95 Å². The zero-order valence-corrected chi connectivity index (χ0v) is 14.3. The van der Waals surface area contributed by atoms with Crippen molar-refractivity contribution in [3.63, 3.8) is 0 Å². The molecule has 0 aliphatic carbocycles. The highest BCUT2D eigenvalue weighted by atomic mass is 35.5. The molecule has 2 aromatic carbocycles. The van der Waals surface area contributed by atoms with Crippen LogP contribution in [0.15, 0.2) is 60.8 Å². The van der Waals surface area contributed by atoms with Gasteiger partial charge in [0.1, 0.15) is 11.6 Å². The summed E-state index contributed by atoms with van der Waals surface area (Å²) in [5, 5.41) is 7.13. The van der Waals surface area contributed by atoms with E-state index in [-0.39, 0.29) is 5.82 Å². The number of hydrogen-bond donors (Lipinski definition) is 2. The second-order valence-electron chi connectivity index (χ2n) is 5.51. The summed E-state index contributed by atoms with van der Waals surface area (Å²) in [4.78, 5) is 8.64. The summed E-state index contributed by atoms with van der Waals surface area (Å²) < 4.78 is 12.9. The van der Waals surface area contributed by atoms with E-state index in [9.17, 15) is 4.39 Å². The van der Waals surface area contributed by atoms with Gasteiger partial charge in [-0.1, -0.05) is 41.9 Å². The third-order valence-electron chi connectivity index (χ3n) is 3.68. The maximum atomic E-state index is 12.9. The van der Waals surface area contributed by atoms with E-state index in [4.69, 9.17) is 11.6 Å². The molecule has 6 heteroatoms. The second-order valence-corrected chi connectivity index (χ2v) is 5.92. The second kappa shape index (κ2) is 8.44. The highest BCUT2D eigenvalue weighted by Gasteiger charge is 2.02. The Labute approximate surface area is 151 Å². The van der Waals surface area contributed by atoms with E-state index < -0.39 is 0 Å². The lowest BCUT2D eigenvalue weighted by molar-refractivity contribution is 0.627. The molecule has 0 unspecified atom stereocenters. The zero-order valence-electron chi connectivity index (χ0n) is 13.5. The molecule has 0 spiro atoms. The highest BCUT2D eigenvalue weighted by Crippen LogP contribution is 2.16. The zero-order chi connectivity index (χ0) is 17.5. The predicted octanol–water partition coefficient (Wildman–Crippen LogP) is 4.54. The molecule has 0 atom stereocenters. The molecule has 0 radical (unpaired) electrons. The van der Waals surface area contributed by atoms with Crippen molar-refractivity contribution in [3.8, 4) is 0 Å². The van der Waals surface area contributed by atoms with E-state index in [1.54, 1.807) is 18.3 Å². The Bertz CT molecular complexity index is 824. The molecular formula is C19H18ClFN4. The summed E-state index contributed by atoms with van der Waals surface area (Å²) in [6.07, 6.45) is 2.48. The average Bonchev–Trinajstić information content (AvgIpc) is 2.63. The number of rotatable bonds is 7. The Morgan fingerprint density at radius 1 is 0.960 bits per heavy atom. The molecule has 1 heterocycles. The molecule has 0 bridgehead atoms. The maximum Gasteiger partial charge on any atom is 0.224 e. The number of nitrogens with one attached hydrogen (secondary N) is 2. The molecule has 3 aromatic rings. The first kappa shape index (κ1) is 17.2. The van der Waals surface area contributed by atoms with Gasteiger partial charge < -0.3 is 10.6 Å². The largest absolute Gasteiger partial charge is 0.370 e. The van der Waals surface area contributed by atoms with Gasteiger partial charge in [-0.2, -0.15) is 4.98 Å². The van der Waals surface area contributed by atoms with Crippen molar-refractivity contribution >= 4 is 23.4 Å². The molecule has 0 aliphatic heterocycles. The van der Waals surface area contributed by atoms with E-state index in [1.165, 1.54) is 12.1 Å². The quantitative estimate of drug-likeness (QED) is 0.652. The summed E-state index contributed by atoms with van der Waals surface area (Å²) in [5.74, 6) is 1.05. The van der Waals surface area contributed by atoms with Crippen molar-refractivity contribution < 1.29 is 4.39 Å². The molecule has 0 fully saturated rings. The molecule has 25 heavy (non-hydrogen) atoms. The van der Waals surface area contributed by atoms with Gasteiger partial charge in [-0.05, 0) is 41.8 Å². The van der Waals surface area contributed by atoms with Crippen molar-refractivity contribution in [1.29, 1.82) is 0 Å². The monoisotopic (exact) mass is 356 g/mol. The minimum absolute atomic E-state index is 0.221. The molecule has 3 rings (SSSR count). The van der Waals surface area contributed by atoms with Crippen LogP contribution in [0, 0.1) is 5.82 Å². The Kier molecular flexibility index (Phi) is 5.80. The topological polar surface area (TPSA) is 49.8 Å². The number of nitrogens with zero attached hydrogens (tertiary/aromatic N) is 2. The Morgan fingerprint density at radius 3 is 2.56 bits per heavy atom. The molecule has 128 valence electrons. The number of halogens is 2. The van der Waals surface area contributed by atoms with Crippen molar-refractivity contribution in [3.05, 3.63) is 82.8 Å². The van der Waals surface area contributed by atoms with Gasteiger partial charge in [0.15, 0.2) is 0 Å². The Balaban J connectivity index is 1.52. The molecule has 0 saturated heterocycles. The molecule has 0 amide bonds. The molecule has 2 N–H and O–H groups in total. The normalized spacial score (nSPS) is 10.5. The van der Waals surface area contributed by atoms with E-state index >= 15 is 0 Å². The van der Waals surface area contributed by atoms with E-state index in [0.29, 0.717) is 24.1 Å². The summed E-state index contributed by atoms with van der Waals surface area (Å²) in [7, 11) is 0. The third kappa shape index (κ3) is 5.16. The van der Waals surface area contributed by atoms with Crippen molar-refractivity contribution in [1.82, 2.24) is 9.97 Å². The summed E-state index contributed by atoms with van der Waals surface area (Å²) >= 11 is 6.14. The fourth-order valence-electron chi connectivity index (χ4n) is 2.34. The Morgan fingerprint density at radius 2 is 1.76 bits per heavy atom. The maximum absolute atomic E-state index is 12.9. The summed E-state index contributed by atoms with van der Waals surface area (Å²) in [6, 6.07) is 16.0. The molecular weight excluding hydrogens is 339 g/mol. The van der Waals surface area contributed by atoms with Crippen LogP contribution < -0.4 is 10.6 Å². The van der Waals surface area contributed by atoms with Crippen LogP contribution in [0.5, 0.6) is 0 Å². The molecule has 0 aliphatic rings. The first-order chi connectivity index (χ1) is 12.2. The van der Waals surface area contributed by atoms with E-state index in [1.807, 2.05) is 30.3 Å². The molecule has 1 aromatic heterocycles. The molecule has 4 nitrogen and oxygen atoms in total. The van der Waals surface area contributed by atoms with Crippen molar-refractivity contribution in [2.24, 2.45) is 0 Å². The number of aromatic nitrogens is 2. The fraction of sp³-hybridized carbons (Fsp3) is 0.158. The fourth-order valence-corrected chi connectivity index (χ4v) is 2.55. The van der Waals surface area contributed by atoms with Crippen LogP contribution in [0.1, 0.15) is 11.1 Å². The van der Waals surface area contributed by atoms with Crippen molar-refractivity contribution in [2.75, 3.05) is 17.2 Å². The van der Waals surface area contributed by atoms with Crippen LogP contribution in [0.25, 0.3) is 0 Å². The Hall–Kier alpha value is -2.66. The van der Waals surface area contributed by atoms with Gasteiger partial charge in [0, 0.05) is 24.3 Å². The van der Waals surface area contributed by atoms with Crippen LogP contribution in [-0.2, 0) is 13.0 Å². The lowest BCUT2D eigenvalue weighted by Gasteiger charge is -2.09. The minimum Gasteiger partial charge on any atom is -0.370 e. The number of anilines is 2. The van der Waals surface area contributed by atoms with Crippen LogP contribution in [0.2, 0.25) is 5.02 Å². The lowest BCUT2D eigenvalue weighted by Crippen LogP contribution is -2.09. The average molecular weight is 357 g/mol. The lowest BCUT2D eigenvalue weighted by atomic mass is 10.1. The smallest absolute Gasteiger partial charge is 0.224 e. The first-order valence-corrected chi connectivity index (χ1v) is 8.37. The van der Waals surface area contributed by atoms with Gasteiger partial charge in [-0.25, -0.2) is 9.37 Å². The van der Waals surface area contributed by atoms with Crippen LogP contribution >= 0.6 is 11.6 Å². The SMILES string of the molecule is Fc1ccc(CCNc2ccnc(NCc3ccccc3Cl)n2)cc1. The van der Waals surface area contributed by atoms with E-state index in [2.05, 4.69) is 20.6 Å². The van der Waals surface area contributed by atoms with Crippen LogP contribution in [0.4, 0.5) is 16.2 Å². The van der Waals surface area contributed by atoms with Crippen LogP contribution in [-0.4, -0.2) is 16.5 Å². The van der Waals surface area contributed by atoms with E-state index in [0.717, 1.165) is 23.4 Å². The predicted molar refractivity (Wildman–Crippen MR) is 99.4 cm³/mol. The summed E-state index contributed by atoms with van der Waals surface area (Å²) in [6.45, 7) is 1.26. The molecule has 0 saturated carbocycles. The third-order valence-corrected chi connectivity index (χ3v) is 4.05.